The highest BCUT2D eigenvalue weighted by molar-refractivity contribution is 8.27. The number of hydrogen-bond acceptors (Lipinski definition) is 6. The Bertz CT molecular complexity index is 1380. The fourth-order valence-electron chi connectivity index (χ4n) is 3.87. The average Bonchev–Trinajstić information content (AvgIpc) is 3.14. The summed E-state index contributed by atoms with van der Waals surface area (Å²) in [7, 11) is 0. The third-order valence-electron chi connectivity index (χ3n) is 5.70. The normalized spacial score (nSPS) is 14.5. The summed E-state index contributed by atoms with van der Waals surface area (Å²) in [5.41, 5.74) is 3.62. The molecule has 1 fully saturated rings. The minimum atomic E-state index is -1.07. The lowest BCUT2D eigenvalue weighted by atomic mass is 10.0. The van der Waals surface area contributed by atoms with Gasteiger partial charge in [-0.3, -0.25) is 9.69 Å². The van der Waals surface area contributed by atoms with Crippen LogP contribution >= 0.6 is 24.0 Å². The third kappa shape index (κ3) is 6.39. The lowest BCUT2D eigenvalue weighted by molar-refractivity contribution is -0.113. The molecule has 0 aliphatic carbocycles. The Kier molecular flexibility index (Phi) is 8.31. The van der Waals surface area contributed by atoms with Crippen LogP contribution in [-0.2, 0) is 4.79 Å². The lowest BCUT2D eigenvalue weighted by Crippen LogP contribution is -2.27. The number of carbonyl (C=O) groups excluding carboxylic acids is 1. The van der Waals surface area contributed by atoms with Crippen molar-refractivity contribution in [3.05, 3.63) is 93.9 Å². The SMILES string of the molecule is Cc1ccc(C(C)C)c(OCCOc2cccc(/C=C3\SC(=S)N(c4cccc(C(=O)O)c4)C3=O)c2)c1. The molecular formula is C29H27NO5S2. The van der Waals surface area contributed by atoms with Gasteiger partial charge >= 0.3 is 5.97 Å². The Labute approximate surface area is 225 Å². The molecule has 3 aromatic carbocycles. The van der Waals surface area contributed by atoms with Gasteiger partial charge in [-0.15, -0.1) is 0 Å². The van der Waals surface area contributed by atoms with E-state index < -0.39 is 5.97 Å². The largest absolute Gasteiger partial charge is 0.490 e. The fraction of sp³-hybridized carbons (Fsp3) is 0.207. The molecule has 0 radical (unpaired) electrons. The molecule has 190 valence electrons. The highest BCUT2D eigenvalue weighted by Crippen LogP contribution is 2.36. The monoisotopic (exact) mass is 533 g/mol. The smallest absolute Gasteiger partial charge is 0.335 e. The van der Waals surface area contributed by atoms with Crippen LogP contribution in [0.1, 0.15) is 46.8 Å². The number of anilines is 1. The van der Waals surface area contributed by atoms with Gasteiger partial charge in [-0.2, -0.15) is 0 Å². The number of thiocarbonyl (C=S) groups is 1. The number of carboxylic acid groups (broad SMARTS) is 1. The molecule has 0 atom stereocenters. The predicted octanol–water partition coefficient (Wildman–Crippen LogP) is 6.68. The van der Waals surface area contributed by atoms with Gasteiger partial charge in [0.15, 0.2) is 4.32 Å². The maximum atomic E-state index is 13.1. The van der Waals surface area contributed by atoms with Crippen LogP contribution in [0.5, 0.6) is 11.5 Å². The van der Waals surface area contributed by atoms with Crippen LogP contribution in [0.3, 0.4) is 0 Å². The van der Waals surface area contributed by atoms with Crippen LogP contribution in [0.25, 0.3) is 6.08 Å². The van der Waals surface area contributed by atoms with Crippen LogP contribution in [0, 0.1) is 6.92 Å². The second-order valence-corrected chi connectivity index (χ2v) is 10.5. The Morgan fingerprint density at radius 3 is 2.57 bits per heavy atom. The number of hydrogen-bond donors (Lipinski definition) is 1. The van der Waals surface area contributed by atoms with Crippen molar-refractivity contribution in [2.45, 2.75) is 26.7 Å². The molecule has 0 aromatic heterocycles. The maximum absolute atomic E-state index is 13.1. The summed E-state index contributed by atoms with van der Waals surface area (Å²) in [4.78, 5) is 26.2. The van der Waals surface area contributed by atoms with Gasteiger partial charge in [-0.1, -0.05) is 68.2 Å². The fourth-order valence-corrected chi connectivity index (χ4v) is 5.17. The van der Waals surface area contributed by atoms with E-state index in [1.807, 2.05) is 37.3 Å². The van der Waals surface area contributed by atoms with E-state index in [4.69, 9.17) is 21.7 Å². The molecule has 0 unspecified atom stereocenters. The van der Waals surface area contributed by atoms with E-state index in [1.165, 1.54) is 34.4 Å². The van der Waals surface area contributed by atoms with Gasteiger partial charge < -0.3 is 14.6 Å². The summed E-state index contributed by atoms with van der Waals surface area (Å²) in [6, 6.07) is 19.8. The molecule has 0 saturated carbocycles. The highest BCUT2D eigenvalue weighted by Gasteiger charge is 2.33. The van der Waals surface area contributed by atoms with Crippen LogP contribution in [0.2, 0.25) is 0 Å². The minimum Gasteiger partial charge on any atom is -0.490 e. The van der Waals surface area contributed by atoms with Crippen LogP contribution in [0.4, 0.5) is 5.69 Å². The zero-order valence-electron chi connectivity index (χ0n) is 20.8. The summed E-state index contributed by atoms with van der Waals surface area (Å²) in [5.74, 6) is 0.543. The Morgan fingerprint density at radius 1 is 1.05 bits per heavy atom. The van der Waals surface area contributed by atoms with Gasteiger partial charge in [0, 0.05) is 0 Å². The highest BCUT2D eigenvalue weighted by atomic mass is 32.2. The number of thioether (sulfide) groups is 1. The van der Waals surface area contributed by atoms with Gasteiger partial charge in [0.2, 0.25) is 0 Å². The number of nitrogens with zero attached hydrogens (tertiary/aromatic N) is 1. The van der Waals surface area contributed by atoms with Crippen LogP contribution in [0.15, 0.2) is 71.6 Å². The minimum absolute atomic E-state index is 0.0900. The molecular weight excluding hydrogens is 506 g/mol. The molecule has 37 heavy (non-hydrogen) atoms. The number of benzene rings is 3. The Balaban J connectivity index is 1.41. The van der Waals surface area contributed by atoms with Crippen molar-refractivity contribution in [3.8, 4) is 11.5 Å². The molecule has 4 rings (SSSR count). The van der Waals surface area contributed by atoms with Gasteiger partial charge in [-0.25, -0.2) is 4.79 Å². The molecule has 1 aliphatic heterocycles. The first-order valence-electron chi connectivity index (χ1n) is 11.8. The zero-order valence-corrected chi connectivity index (χ0v) is 22.4. The molecule has 1 aliphatic rings. The molecule has 3 aromatic rings. The molecule has 1 heterocycles. The quantitative estimate of drug-likeness (QED) is 0.187. The van der Waals surface area contributed by atoms with E-state index >= 15 is 0 Å². The number of ether oxygens (including phenoxy) is 2. The van der Waals surface area contributed by atoms with E-state index in [9.17, 15) is 14.7 Å². The maximum Gasteiger partial charge on any atom is 0.335 e. The summed E-state index contributed by atoms with van der Waals surface area (Å²) >= 11 is 6.59. The van der Waals surface area contributed by atoms with Gasteiger partial charge in [0.25, 0.3) is 5.91 Å². The van der Waals surface area contributed by atoms with Crippen molar-refractivity contribution in [3.63, 3.8) is 0 Å². The van der Waals surface area contributed by atoms with Gasteiger partial charge in [0.05, 0.1) is 16.2 Å². The first-order chi connectivity index (χ1) is 17.7. The molecule has 0 spiro atoms. The van der Waals surface area contributed by atoms with E-state index in [0.29, 0.717) is 39.8 Å². The third-order valence-corrected chi connectivity index (χ3v) is 7.00. The number of aryl methyl sites for hydroxylation is 1. The summed E-state index contributed by atoms with van der Waals surface area (Å²) < 4.78 is 12.2. The second kappa shape index (κ2) is 11.6. The topological polar surface area (TPSA) is 76.1 Å². The van der Waals surface area contributed by atoms with Gasteiger partial charge in [-0.05, 0) is 72.0 Å². The standard InChI is InChI=1S/C29H27NO5S2/c1-18(2)24-11-10-19(3)14-25(24)35-13-12-34-23-9-4-6-20(15-23)16-26-27(31)30(29(36)37-26)22-8-5-7-21(17-22)28(32)33/h4-11,14-18H,12-13H2,1-3H3,(H,32,33)/b26-16-. The van der Waals surface area contributed by atoms with E-state index in [2.05, 4.69) is 26.0 Å². The van der Waals surface area contributed by atoms with E-state index in [0.717, 1.165) is 16.9 Å². The zero-order chi connectivity index (χ0) is 26.5. The summed E-state index contributed by atoms with van der Waals surface area (Å²) in [5, 5.41) is 9.26. The Morgan fingerprint density at radius 2 is 1.81 bits per heavy atom. The number of rotatable bonds is 9. The second-order valence-electron chi connectivity index (χ2n) is 8.84. The molecule has 1 saturated heterocycles. The molecule has 1 N–H and O–H groups in total. The Hall–Kier alpha value is -3.62. The molecule has 6 nitrogen and oxygen atoms in total. The average molecular weight is 534 g/mol. The van der Waals surface area contributed by atoms with E-state index in [1.54, 1.807) is 18.2 Å². The van der Waals surface area contributed by atoms with Crippen molar-refractivity contribution < 1.29 is 24.2 Å². The summed E-state index contributed by atoms with van der Waals surface area (Å²) in [6.45, 7) is 7.10. The lowest BCUT2D eigenvalue weighted by Gasteiger charge is -2.15. The van der Waals surface area contributed by atoms with Crippen molar-refractivity contribution in [1.29, 1.82) is 0 Å². The number of carboxylic acids is 1. The van der Waals surface area contributed by atoms with Crippen molar-refractivity contribution in [2.75, 3.05) is 18.1 Å². The summed E-state index contributed by atoms with van der Waals surface area (Å²) in [6.07, 6.45) is 1.76. The first kappa shape index (κ1) is 26.4. The number of carbonyl (C=O) groups is 2. The van der Waals surface area contributed by atoms with Crippen LogP contribution in [-0.4, -0.2) is 34.5 Å². The predicted molar refractivity (Wildman–Crippen MR) is 152 cm³/mol. The molecule has 0 bridgehead atoms. The number of aromatic carboxylic acids is 1. The van der Waals surface area contributed by atoms with Crippen molar-refractivity contribution in [1.82, 2.24) is 0 Å². The van der Waals surface area contributed by atoms with Gasteiger partial charge in [0.1, 0.15) is 24.7 Å². The molecule has 1 amide bonds. The molecule has 8 heteroatoms. The van der Waals surface area contributed by atoms with E-state index in [-0.39, 0.29) is 11.5 Å². The number of amides is 1. The van der Waals surface area contributed by atoms with Crippen molar-refractivity contribution in [2.24, 2.45) is 0 Å². The first-order valence-corrected chi connectivity index (χ1v) is 13.0. The van der Waals surface area contributed by atoms with Crippen molar-refractivity contribution >= 4 is 51.9 Å². The van der Waals surface area contributed by atoms with Crippen LogP contribution < -0.4 is 14.4 Å².